The first-order valence-electron chi connectivity index (χ1n) is 12.6. The van der Waals surface area contributed by atoms with Crippen LogP contribution in [0.3, 0.4) is 0 Å². The molecule has 0 aliphatic rings. The van der Waals surface area contributed by atoms with Gasteiger partial charge < -0.3 is 4.52 Å². The molecule has 0 N–H and O–H groups in total. The predicted octanol–water partition coefficient (Wildman–Crippen LogP) is 7.85. The number of fused-ring (bicyclic) bond motifs is 2. The van der Waals surface area contributed by atoms with Crippen molar-refractivity contribution >= 4 is 45.9 Å². The van der Waals surface area contributed by atoms with E-state index in [1.54, 1.807) is 18.3 Å². The first-order valence-corrected chi connectivity index (χ1v) is 14.3. The van der Waals surface area contributed by atoms with Gasteiger partial charge in [0.05, 0.1) is 16.1 Å². The fourth-order valence-electron chi connectivity index (χ4n) is 4.57. The van der Waals surface area contributed by atoms with Gasteiger partial charge in [-0.1, -0.05) is 64.1 Å². The molecule has 8 nitrogen and oxygen atoms in total. The second-order valence-corrected chi connectivity index (χ2v) is 13.4. The summed E-state index contributed by atoms with van der Waals surface area (Å²) >= 11 is 0. The van der Waals surface area contributed by atoms with E-state index in [-0.39, 0.29) is 5.69 Å². The summed E-state index contributed by atoms with van der Waals surface area (Å²) in [5.74, 6) is 0.644. The topological polar surface area (TPSA) is 95.4 Å². The number of pyridine rings is 1. The van der Waals surface area contributed by atoms with Crippen LogP contribution >= 0.6 is 7.28 Å². The molecule has 0 amide bonds. The highest BCUT2D eigenvalue weighted by molar-refractivity contribution is 7.71. The van der Waals surface area contributed by atoms with Crippen molar-refractivity contribution in [3.05, 3.63) is 95.2 Å². The van der Waals surface area contributed by atoms with E-state index in [0.717, 1.165) is 33.7 Å². The van der Waals surface area contributed by atoms with E-state index in [9.17, 15) is 10.1 Å². The fourth-order valence-corrected chi connectivity index (χ4v) is 7.86. The summed E-state index contributed by atoms with van der Waals surface area (Å²) in [4.78, 5) is 15.5. The standard InChI is InChI=1S/C29H30N5O3P/c1-5-20-33-28(24-12-6-7-13-25(24)31-33)38(29(2,3)4,32-22-15-17-23(18-16-22)34(35)36)37-26-14-8-10-21-11-9-19-30-27(21)26/h6-19H,5,20H2,1-4H3/t38-/m1/s1. The van der Waals surface area contributed by atoms with Crippen LogP contribution < -0.4 is 9.96 Å². The molecule has 5 aromatic rings. The van der Waals surface area contributed by atoms with Crippen LogP contribution in [0.25, 0.3) is 21.8 Å². The Labute approximate surface area is 221 Å². The van der Waals surface area contributed by atoms with Crippen LogP contribution in [0.5, 0.6) is 5.75 Å². The summed E-state index contributed by atoms with van der Waals surface area (Å²) in [6.07, 6.45) is 2.65. The molecule has 5 rings (SSSR count). The van der Waals surface area contributed by atoms with E-state index in [0.29, 0.717) is 18.0 Å². The van der Waals surface area contributed by atoms with Gasteiger partial charge in [0.15, 0.2) is 13.0 Å². The van der Waals surface area contributed by atoms with Crippen molar-refractivity contribution in [1.82, 2.24) is 14.8 Å². The molecule has 0 radical (unpaired) electrons. The Balaban J connectivity index is 1.88. The molecule has 0 unspecified atom stereocenters. The van der Waals surface area contributed by atoms with Crippen molar-refractivity contribution in [2.45, 2.75) is 45.8 Å². The average molecular weight is 528 g/mol. The van der Waals surface area contributed by atoms with E-state index in [1.807, 2.05) is 53.2 Å². The fraction of sp³-hybridized carbons (Fsp3) is 0.241. The van der Waals surface area contributed by atoms with Gasteiger partial charge in [0.25, 0.3) is 5.69 Å². The smallest absolute Gasteiger partial charge is 0.269 e. The second-order valence-electron chi connectivity index (χ2n) is 10.1. The molecular weight excluding hydrogens is 497 g/mol. The van der Waals surface area contributed by atoms with Crippen molar-refractivity contribution in [3.8, 4) is 5.75 Å². The summed E-state index contributed by atoms with van der Waals surface area (Å²) in [5, 5.41) is 17.8. The van der Waals surface area contributed by atoms with Crippen molar-refractivity contribution in [2.24, 2.45) is 4.74 Å². The molecule has 1 atom stereocenters. The molecule has 0 aliphatic carbocycles. The lowest BCUT2D eigenvalue weighted by atomic mass is 10.2. The summed E-state index contributed by atoms with van der Waals surface area (Å²) < 4.78 is 14.6. The van der Waals surface area contributed by atoms with E-state index in [4.69, 9.17) is 14.4 Å². The van der Waals surface area contributed by atoms with Crippen LogP contribution in [0.2, 0.25) is 0 Å². The number of para-hydroxylation sites is 1. The Kier molecular flexibility index (Phi) is 6.76. The second kappa shape index (κ2) is 10.0. The van der Waals surface area contributed by atoms with Gasteiger partial charge in [0.1, 0.15) is 11.0 Å². The summed E-state index contributed by atoms with van der Waals surface area (Å²) in [6.45, 7) is 9.22. The number of hydrogen-bond donors (Lipinski definition) is 0. The molecule has 0 fully saturated rings. The maximum absolute atomic E-state index is 11.3. The zero-order chi connectivity index (χ0) is 26.9. The average Bonchev–Trinajstić information content (AvgIpc) is 3.26. The van der Waals surface area contributed by atoms with Crippen LogP contribution in [0.1, 0.15) is 34.1 Å². The van der Waals surface area contributed by atoms with Gasteiger partial charge in [0, 0.05) is 40.8 Å². The van der Waals surface area contributed by atoms with Gasteiger partial charge in [0.2, 0.25) is 0 Å². The number of nitro benzene ring substituents is 1. The number of nitrogens with zero attached hydrogens (tertiary/aromatic N) is 5. The van der Waals surface area contributed by atoms with Crippen molar-refractivity contribution in [1.29, 1.82) is 0 Å². The minimum absolute atomic E-state index is 0.0179. The molecule has 0 aliphatic heterocycles. The molecule has 2 heterocycles. The molecule has 0 saturated carbocycles. The van der Waals surface area contributed by atoms with E-state index >= 15 is 0 Å². The zero-order valence-electron chi connectivity index (χ0n) is 21.9. The Morgan fingerprint density at radius 2 is 1.74 bits per heavy atom. The van der Waals surface area contributed by atoms with Gasteiger partial charge in [-0.25, -0.2) is 4.74 Å². The lowest BCUT2D eigenvalue weighted by Gasteiger charge is -2.37. The predicted molar refractivity (Wildman–Crippen MR) is 154 cm³/mol. The van der Waals surface area contributed by atoms with Crippen LogP contribution in [-0.4, -0.2) is 24.8 Å². The molecule has 0 saturated heterocycles. The highest BCUT2D eigenvalue weighted by atomic mass is 31.2. The van der Waals surface area contributed by atoms with Crippen LogP contribution in [0.15, 0.2) is 89.8 Å². The maximum Gasteiger partial charge on any atom is 0.269 e. The Morgan fingerprint density at radius 3 is 2.45 bits per heavy atom. The number of non-ortho nitro benzene ring substituents is 1. The molecule has 38 heavy (non-hydrogen) atoms. The first-order chi connectivity index (χ1) is 18.2. The number of aryl methyl sites for hydroxylation is 1. The molecule has 0 spiro atoms. The van der Waals surface area contributed by atoms with Gasteiger partial charge in [-0.05, 0) is 36.8 Å². The lowest BCUT2D eigenvalue weighted by molar-refractivity contribution is -0.384. The van der Waals surface area contributed by atoms with Crippen LogP contribution in [0, 0.1) is 10.1 Å². The van der Waals surface area contributed by atoms with Gasteiger partial charge >= 0.3 is 0 Å². The third-order valence-electron chi connectivity index (χ3n) is 6.39. The zero-order valence-corrected chi connectivity index (χ0v) is 22.8. The minimum atomic E-state index is -2.97. The number of rotatable bonds is 7. The molecule has 2 aromatic heterocycles. The third-order valence-corrected chi connectivity index (χ3v) is 10.2. The third kappa shape index (κ3) is 4.56. The number of hydrogen-bond acceptors (Lipinski definition) is 6. The van der Waals surface area contributed by atoms with Gasteiger partial charge in [-0.15, -0.1) is 0 Å². The Bertz CT molecular complexity index is 1680. The Morgan fingerprint density at radius 1 is 1.00 bits per heavy atom. The molecule has 9 heteroatoms. The Hall–Kier alpha value is -4.03. The number of benzene rings is 3. The molecule has 0 bridgehead atoms. The summed E-state index contributed by atoms with van der Waals surface area (Å²) in [6, 6.07) is 24.2. The highest BCUT2D eigenvalue weighted by Crippen LogP contribution is 2.63. The maximum atomic E-state index is 11.3. The number of nitro groups is 1. The quantitative estimate of drug-likeness (QED) is 0.122. The van der Waals surface area contributed by atoms with E-state index < -0.39 is 17.4 Å². The molecule has 194 valence electrons. The summed E-state index contributed by atoms with van der Waals surface area (Å²) in [7, 11) is -2.97. The summed E-state index contributed by atoms with van der Waals surface area (Å²) in [5.41, 5.74) is 3.20. The van der Waals surface area contributed by atoms with E-state index in [1.165, 1.54) is 12.1 Å². The minimum Gasteiger partial charge on any atom is -0.451 e. The van der Waals surface area contributed by atoms with E-state index in [2.05, 4.69) is 38.7 Å². The van der Waals surface area contributed by atoms with Crippen LogP contribution in [-0.2, 0) is 6.54 Å². The van der Waals surface area contributed by atoms with Crippen molar-refractivity contribution in [2.75, 3.05) is 0 Å². The first kappa shape index (κ1) is 25.6. The van der Waals surface area contributed by atoms with Gasteiger partial charge in [-0.3, -0.25) is 19.8 Å². The molecule has 3 aromatic carbocycles. The van der Waals surface area contributed by atoms with Crippen molar-refractivity contribution < 1.29 is 9.45 Å². The largest absolute Gasteiger partial charge is 0.451 e. The normalized spacial score (nSPS) is 13.4. The monoisotopic (exact) mass is 527 g/mol. The highest BCUT2D eigenvalue weighted by Gasteiger charge is 2.43. The van der Waals surface area contributed by atoms with Crippen LogP contribution in [0.4, 0.5) is 11.4 Å². The van der Waals surface area contributed by atoms with Gasteiger partial charge in [-0.2, -0.15) is 5.10 Å². The molecular formula is C29H30N5O3P. The number of aromatic nitrogens is 3. The lowest BCUT2D eigenvalue weighted by Crippen LogP contribution is -2.32. The van der Waals surface area contributed by atoms with Crippen molar-refractivity contribution in [3.63, 3.8) is 0 Å². The SMILES string of the molecule is CCCn1nc2ccccc2c1[P@@](=Nc1ccc([N+](=O)[O-])cc1)(Oc1cccc2cccnc12)C(C)(C)C.